The molecule has 0 spiro atoms. The Hall–Kier alpha value is -1.85. The highest BCUT2D eigenvalue weighted by molar-refractivity contribution is 6.08. The van der Waals surface area contributed by atoms with Crippen LogP contribution in [0.3, 0.4) is 0 Å². The second-order valence-corrected chi connectivity index (χ2v) is 4.95. The zero-order valence-electron chi connectivity index (χ0n) is 10.5. The minimum absolute atomic E-state index is 0.180. The van der Waals surface area contributed by atoms with Crippen LogP contribution in [0.1, 0.15) is 25.0 Å². The molecule has 1 aliphatic heterocycles. The van der Waals surface area contributed by atoms with Gasteiger partial charge < -0.3 is 5.32 Å². The predicted molar refractivity (Wildman–Crippen MR) is 64.8 cm³/mol. The van der Waals surface area contributed by atoms with E-state index in [1.54, 1.807) is 19.9 Å². The molecule has 1 aromatic carbocycles. The van der Waals surface area contributed by atoms with Gasteiger partial charge in [-0.15, -0.1) is 0 Å². The van der Waals surface area contributed by atoms with E-state index in [1.807, 2.05) is 0 Å². The summed E-state index contributed by atoms with van der Waals surface area (Å²) >= 11 is 0. The van der Waals surface area contributed by atoms with E-state index in [9.17, 15) is 18.0 Å². The quantitative estimate of drug-likeness (QED) is 0.881. The number of nitrogens with one attached hydrogen (secondary N) is 1. The molecule has 1 N–H and O–H groups in total. The Morgan fingerprint density at radius 1 is 1.32 bits per heavy atom. The molecule has 0 atom stereocenters. The molecule has 19 heavy (non-hydrogen) atoms. The minimum atomic E-state index is -4.37. The highest BCUT2D eigenvalue weighted by Gasteiger charge is 2.34. The van der Waals surface area contributed by atoms with Gasteiger partial charge in [0.25, 0.3) is 5.91 Å². The fourth-order valence-electron chi connectivity index (χ4n) is 1.83. The number of hydrogen-bond donors (Lipinski definition) is 1. The summed E-state index contributed by atoms with van der Waals surface area (Å²) in [5, 5.41) is 2.58. The third-order valence-electron chi connectivity index (χ3n) is 2.85. The predicted octanol–water partition coefficient (Wildman–Crippen LogP) is 2.55. The van der Waals surface area contributed by atoms with E-state index < -0.39 is 17.3 Å². The molecule has 0 saturated carbocycles. The normalized spacial score (nSPS) is 18.2. The molecule has 102 valence electrons. The van der Waals surface area contributed by atoms with Crippen molar-refractivity contribution in [2.75, 3.05) is 0 Å². The van der Waals surface area contributed by atoms with Gasteiger partial charge in [-0.3, -0.25) is 9.79 Å². The first-order chi connectivity index (χ1) is 8.68. The van der Waals surface area contributed by atoms with Crippen molar-refractivity contribution in [3.8, 4) is 0 Å². The zero-order valence-corrected chi connectivity index (χ0v) is 10.5. The fraction of sp³-hybridized carbons (Fsp3) is 0.385. The molecule has 1 amide bonds. The van der Waals surface area contributed by atoms with Crippen LogP contribution in [0.2, 0.25) is 0 Å². The molecule has 3 nitrogen and oxygen atoms in total. The first-order valence-electron chi connectivity index (χ1n) is 5.75. The van der Waals surface area contributed by atoms with Gasteiger partial charge in [0, 0.05) is 6.42 Å². The van der Waals surface area contributed by atoms with Gasteiger partial charge in [0.05, 0.1) is 5.56 Å². The zero-order chi connectivity index (χ0) is 14.3. The van der Waals surface area contributed by atoms with E-state index >= 15 is 0 Å². The maximum atomic E-state index is 12.6. The number of amidine groups is 1. The molecule has 2 rings (SSSR count). The van der Waals surface area contributed by atoms with Crippen LogP contribution in [-0.2, 0) is 17.4 Å². The van der Waals surface area contributed by atoms with Crippen molar-refractivity contribution in [3.05, 3.63) is 35.4 Å². The lowest BCUT2D eigenvalue weighted by Gasteiger charge is -2.08. The van der Waals surface area contributed by atoms with Crippen LogP contribution in [-0.4, -0.2) is 17.3 Å². The molecule has 1 aromatic rings. The number of carbonyl (C=O) groups is 1. The smallest absolute Gasteiger partial charge is 0.312 e. The van der Waals surface area contributed by atoms with Crippen LogP contribution in [0.4, 0.5) is 13.2 Å². The number of hydrogen-bond acceptors (Lipinski definition) is 2. The number of alkyl halides is 3. The maximum absolute atomic E-state index is 12.6. The molecule has 0 aromatic heterocycles. The van der Waals surface area contributed by atoms with Gasteiger partial charge in [-0.1, -0.05) is 18.2 Å². The Morgan fingerprint density at radius 2 is 2.00 bits per heavy atom. The van der Waals surface area contributed by atoms with Crippen molar-refractivity contribution in [3.63, 3.8) is 0 Å². The largest absolute Gasteiger partial charge is 0.416 e. The summed E-state index contributed by atoms with van der Waals surface area (Å²) in [6, 6.07) is 5.01. The summed E-state index contributed by atoms with van der Waals surface area (Å²) in [6.45, 7) is 3.31. The number of nitrogens with zero attached hydrogens (tertiary/aromatic N) is 1. The number of halogens is 3. The Morgan fingerprint density at radius 3 is 2.53 bits per heavy atom. The monoisotopic (exact) mass is 270 g/mol. The summed E-state index contributed by atoms with van der Waals surface area (Å²) in [5.41, 5.74) is -1.09. The first-order valence-corrected chi connectivity index (χ1v) is 5.75. The van der Waals surface area contributed by atoms with Gasteiger partial charge in [0.2, 0.25) is 0 Å². The molecule has 6 heteroatoms. The summed E-state index contributed by atoms with van der Waals surface area (Å²) in [6.07, 6.45) is -4.19. The Balaban J connectivity index is 2.20. The average molecular weight is 270 g/mol. The van der Waals surface area contributed by atoms with Gasteiger partial charge in [-0.2, -0.15) is 13.2 Å². The molecule has 0 radical (unpaired) electrons. The number of amides is 1. The van der Waals surface area contributed by atoms with Crippen molar-refractivity contribution in [2.45, 2.75) is 32.0 Å². The third kappa shape index (κ3) is 2.94. The number of aliphatic imine (C=N–C) groups is 1. The SMILES string of the molecule is CC1(C)N=C(Cc2cccc(C(F)(F)F)c2)NC1=O. The van der Waals surface area contributed by atoms with Gasteiger partial charge >= 0.3 is 6.18 Å². The van der Waals surface area contributed by atoms with Crippen molar-refractivity contribution >= 4 is 11.7 Å². The number of benzene rings is 1. The molecule has 0 unspecified atom stereocenters. The van der Waals surface area contributed by atoms with Crippen LogP contribution in [0.25, 0.3) is 0 Å². The third-order valence-corrected chi connectivity index (χ3v) is 2.85. The van der Waals surface area contributed by atoms with E-state index in [0.717, 1.165) is 12.1 Å². The van der Waals surface area contributed by atoms with Gasteiger partial charge in [0.1, 0.15) is 11.4 Å². The average Bonchev–Trinajstić information content (AvgIpc) is 2.51. The second kappa shape index (κ2) is 4.36. The van der Waals surface area contributed by atoms with Crippen LogP contribution in [0.5, 0.6) is 0 Å². The second-order valence-electron chi connectivity index (χ2n) is 4.95. The van der Waals surface area contributed by atoms with E-state index in [4.69, 9.17) is 0 Å². The van der Waals surface area contributed by atoms with Crippen molar-refractivity contribution in [1.82, 2.24) is 5.32 Å². The highest BCUT2D eigenvalue weighted by atomic mass is 19.4. The summed E-state index contributed by atoms with van der Waals surface area (Å²) in [5.74, 6) is 0.156. The van der Waals surface area contributed by atoms with Gasteiger partial charge in [-0.25, -0.2) is 0 Å². The summed E-state index contributed by atoms with van der Waals surface area (Å²) < 4.78 is 37.7. The molecular formula is C13H13F3N2O. The lowest BCUT2D eigenvalue weighted by molar-refractivity contribution is -0.137. The molecule has 0 fully saturated rings. The Labute approximate surface area is 108 Å². The van der Waals surface area contributed by atoms with Crippen LogP contribution in [0.15, 0.2) is 29.3 Å². The van der Waals surface area contributed by atoms with Crippen LogP contribution < -0.4 is 5.32 Å². The van der Waals surface area contributed by atoms with Crippen molar-refractivity contribution in [2.24, 2.45) is 4.99 Å². The van der Waals surface area contributed by atoms with Crippen LogP contribution in [0, 0.1) is 0 Å². The first kappa shape index (κ1) is 13.6. The van der Waals surface area contributed by atoms with Crippen molar-refractivity contribution in [1.29, 1.82) is 0 Å². The molecule has 0 saturated heterocycles. The summed E-state index contributed by atoms with van der Waals surface area (Å²) in [4.78, 5) is 15.7. The van der Waals surface area contributed by atoms with Gasteiger partial charge in [-0.05, 0) is 25.5 Å². The lowest BCUT2D eigenvalue weighted by Crippen LogP contribution is -2.34. The topological polar surface area (TPSA) is 41.5 Å². The molecule has 1 aliphatic rings. The number of carbonyl (C=O) groups excluding carboxylic acids is 1. The highest BCUT2D eigenvalue weighted by Crippen LogP contribution is 2.29. The van der Waals surface area contributed by atoms with E-state index in [1.165, 1.54) is 6.07 Å². The van der Waals surface area contributed by atoms with E-state index in [-0.39, 0.29) is 12.3 Å². The fourth-order valence-corrected chi connectivity index (χ4v) is 1.83. The van der Waals surface area contributed by atoms with Crippen molar-refractivity contribution < 1.29 is 18.0 Å². The molecular weight excluding hydrogens is 257 g/mol. The van der Waals surface area contributed by atoms with E-state index in [2.05, 4.69) is 10.3 Å². The van der Waals surface area contributed by atoms with Gasteiger partial charge in [0.15, 0.2) is 0 Å². The minimum Gasteiger partial charge on any atom is -0.312 e. The number of rotatable bonds is 2. The molecule has 0 aliphatic carbocycles. The Bertz CT molecular complexity index is 547. The maximum Gasteiger partial charge on any atom is 0.416 e. The molecule has 1 heterocycles. The molecule has 0 bridgehead atoms. The van der Waals surface area contributed by atoms with E-state index in [0.29, 0.717) is 11.4 Å². The van der Waals surface area contributed by atoms with Crippen LogP contribution >= 0.6 is 0 Å². The Kier molecular flexibility index (Phi) is 3.12. The summed E-state index contributed by atoms with van der Waals surface area (Å²) in [7, 11) is 0. The lowest BCUT2D eigenvalue weighted by atomic mass is 10.1. The standard InChI is InChI=1S/C13H13F3N2O/c1-12(2)11(19)17-10(18-12)7-8-4-3-5-9(6-8)13(14,15)16/h3-6H,7H2,1-2H3,(H,17,18,19).